The van der Waals surface area contributed by atoms with E-state index in [0.717, 1.165) is 41.5 Å². The van der Waals surface area contributed by atoms with Crippen molar-refractivity contribution in [1.29, 1.82) is 0 Å². The van der Waals surface area contributed by atoms with Crippen LogP contribution >= 0.6 is 0 Å². The summed E-state index contributed by atoms with van der Waals surface area (Å²) in [6.07, 6.45) is 0.962. The average molecular weight is 353 g/mol. The second-order valence-corrected chi connectivity index (χ2v) is 7.18. The van der Waals surface area contributed by atoms with E-state index in [1.807, 2.05) is 6.07 Å². The van der Waals surface area contributed by atoms with Gasteiger partial charge in [0.25, 0.3) is 0 Å². The first kappa shape index (κ1) is 14.7. The van der Waals surface area contributed by atoms with Gasteiger partial charge in [-0.2, -0.15) is 0 Å². The highest BCUT2D eigenvalue weighted by atomic mass is 16.7. The average Bonchev–Trinajstić information content (AvgIpc) is 3.37. The highest BCUT2D eigenvalue weighted by molar-refractivity contribution is 5.56. The minimum absolute atomic E-state index is 0.0380. The molecule has 26 heavy (non-hydrogen) atoms. The molecule has 2 aromatic rings. The van der Waals surface area contributed by atoms with Gasteiger partial charge >= 0.3 is 0 Å². The van der Waals surface area contributed by atoms with Gasteiger partial charge in [-0.1, -0.05) is 6.07 Å². The lowest BCUT2D eigenvalue weighted by Crippen LogP contribution is -2.35. The van der Waals surface area contributed by atoms with E-state index < -0.39 is 0 Å². The molecule has 0 bridgehead atoms. The highest BCUT2D eigenvalue weighted by Gasteiger charge is 2.40. The fraction of sp³-hybridized carbons (Fsp3) is 0.400. The van der Waals surface area contributed by atoms with Crippen molar-refractivity contribution >= 4 is 0 Å². The number of ether oxygens (including phenoxy) is 5. The molecule has 0 amide bonds. The van der Waals surface area contributed by atoms with Crippen LogP contribution in [0.3, 0.4) is 0 Å². The zero-order valence-electron chi connectivity index (χ0n) is 14.5. The molecule has 0 unspecified atom stereocenters. The van der Waals surface area contributed by atoms with Crippen LogP contribution in [0.15, 0.2) is 24.3 Å². The molecule has 6 rings (SSSR count). The maximum absolute atomic E-state index is 6.29. The number of nitrogens with zero attached hydrogens (tertiary/aromatic N) is 1. The van der Waals surface area contributed by atoms with Crippen molar-refractivity contribution in [2.45, 2.75) is 25.2 Å². The predicted octanol–water partition coefficient (Wildman–Crippen LogP) is 2.94. The van der Waals surface area contributed by atoms with Crippen molar-refractivity contribution in [3.05, 3.63) is 46.5 Å². The molecule has 4 aliphatic rings. The molecule has 2 atom stereocenters. The van der Waals surface area contributed by atoms with E-state index in [0.29, 0.717) is 13.4 Å². The third-order valence-corrected chi connectivity index (χ3v) is 5.84. The van der Waals surface area contributed by atoms with Crippen LogP contribution in [0.5, 0.6) is 23.0 Å². The van der Waals surface area contributed by atoms with E-state index in [1.54, 1.807) is 0 Å². The van der Waals surface area contributed by atoms with Crippen molar-refractivity contribution in [3.8, 4) is 23.0 Å². The lowest BCUT2D eigenvalue weighted by Gasteiger charge is -2.38. The highest BCUT2D eigenvalue weighted by Crippen LogP contribution is 2.51. The Morgan fingerprint density at radius 1 is 0.923 bits per heavy atom. The summed E-state index contributed by atoms with van der Waals surface area (Å²) in [6, 6.07) is 8.51. The fourth-order valence-corrected chi connectivity index (χ4v) is 4.54. The van der Waals surface area contributed by atoms with E-state index in [9.17, 15) is 0 Å². The fourth-order valence-electron chi connectivity index (χ4n) is 4.54. The van der Waals surface area contributed by atoms with Gasteiger partial charge in [0, 0.05) is 12.1 Å². The predicted molar refractivity (Wildman–Crippen MR) is 91.7 cm³/mol. The summed E-state index contributed by atoms with van der Waals surface area (Å²) in [5.41, 5.74) is 4.89. The van der Waals surface area contributed by atoms with Crippen LogP contribution < -0.4 is 18.9 Å². The molecule has 0 aromatic heterocycles. The normalized spacial score (nSPS) is 25.3. The molecule has 0 spiro atoms. The standard InChI is InChI=1S/C20H19NO5/c1-21-5-4-11-6-16-17(25-9-24-16)7-13(11)18(21)20-12-2-3-15-19(26-10-23-15)14(12)8-22-20/h2-3,6-7,18,20H,4-5,8-10H2,1H3/t18-,20+/m1/s1. The summed E-state index contributed by atoms with van der Waals surface area (Å²) in [6.45, 7) is 2.12. The Kier molecular flexibility index (Phi) is 2.99. The van der Waals surface area contributed by atoms with Crippen molar-refractivity contribution in [3.63, 3.8) is 0 Å². The van der Waals surface area contributed by atoms with E-state index in [1.165, 1.54) is 16.7 Å². The minimum atomic E-state index is -0.0380. The van der Waals surface area contributed by atoms with Gasteiger partial charge in [0.15, 0.2) is 23.0 Å². The van der Waals surface area contributed by atoms with Crippen LogP contribution in [-0.4, -0.2) is 32.1 Å². The summed E-state index contributed by atoms with van der Waals surface area (Å²) in [4.78, 5) is 2.37. The van der Waals surface area contributed by atoms with Crippen molar-refractivity contribution in [2.75, 3.05) is 27.2 Å². The minimum Gasteiger partial charge on any atom is -0.454 e. The first-order chi connectivity index (χ1) is 12.8. The molecule has 0 N–H and O–H groups in total. The van der Waals surface area contributed by atoms with Crippen LogP contribution in [0.4, 0.5) is 0 Å². The molecule has 134 valence electrons. The Morgan fingerprint density at radius 3 is 2.65 bits per heavy atom. The number of fused-ring (bicyclic) bond motifs is 5. The van der Waals surface area contributed by atoms with E-state index in [2.05, 4.69) is 30.1 Å². The van der Waals surface area contributed by atoms with Crippen LogP contribution in [-0.2, 0) is 17.8 Å². The van der Waals surface area contributed by atoms with Gasteiger partial charge < -0.3 is 23.7 Å². The summed E-state index contributed by atoms with van der Waals surface area (Å²) < 4.78 is 28.7. The molecule has 6 heteroatoms. The van der Waals surface area contributed by atoms with Crippen LogP contribution in [0.25, 0.3) is 0 Å². The number of benzene rings is 2. The maximum atomic E-state index is 6.29. The summed E-state index contributed by atoms with van der Waals surface area (Å²) >= 11 is 0. The SMILES string of the molecule is CN1CCc2cc3c(cc2[C@@H]1[C@H]1OCc2c1ccc1c2OCO1)OCO3. The number of hydrogen-bond donors (Lipinski definition) is 0. The molecule has 0 radical (unpaired) electrons. The first-order valence-corrected chi connectivity index (χ1v) is 8.95. The molecule has 0 aliphatic carbocycles. The summed E-state index contributed by atoms with van der Waals surface area (Å²) in [5.74, 6) is 3.33. The Balaban J connectivity index is 1.46. The molecule has 4 aliphatic heterocycles. The number of rotatable bonds is 1. The van der Waals surface area contributed by atoms with Gasteiger partial charge in [-0.25, -0.2) is 0 Å². The summed E-state index contributed by atoms with van der Waals surface area (Å²) in [7, 11) is 2.16. The molecule has 6 nitrogen and oxygen atoms in total. The van der Waals surface area contributed by atoms with Gasteiger partial charge in [0.1, 0.15) is 6.10 Å². The van der Waals surface area contributed by atoms with Crippen molar-refractivity contribution in [1.82, 2.24) is 4.90 Å². The van der Waals surface area contributed by atoms with Crippen LogP contribution in [0.2, 0.25) is 0 Å². The van der Waals surface area contributed by atoms with Crippen LogP contribution in [0.1, 0.15) is 34.4 Å². The second-order valence-electron chi connectivity index (χ2n) is 7.18. The zero-order valence-corrected chi connectivity index (χ0v) is 14.5. The Labute approximate surface area is 151 Å². The largest absolute Gasteiger partial charge is 0.454 e. The topological polar surface area (TPSA) is 49.4 Å². The van der Waals surface area contributed by atoms with Gasteiger partial charge in [0.2, 0.25) is 13.6 Å². The molecule has 0 fully saturated rings. The number of likely N-dealkylation sites (N-methyl/N-ethyl adjacent to an activating group) is 1. The Morgan fingerprint density at radius 2 is 1.73 bits per heavy atom. The van der Waals surface area contributed by atoms with Crippen molar-refractivity contribution in [2.24, 2.45) is 0 Å². The van der Waals surface area contributed by atoms with E-state index >= 15 is 0 Å². The molecule has 2 aromatic carbocycles. The van der Waals surface area contributed by atoms with E-state index in [-0.39, 0.29) is 18.9 Å². The molecule has 0 saturated carbocycles. The molecule has 4 heterocycles. The zero-order chi connectivity index (χ0) is 17.3. The number of hydrogen-bond acceptors (Lipinski definition) is 6. The monoisotopic (exact) mass is 353 g/mol. The third-order valence-electron chi connectivity index (χ3n) is 5.84. The van der Waals surface area contributed by atoms with Crippen LogP contribution in [0, 0.1) is 0 Å². The summed E-state index contributed by atoms with van der Waals surface area (Å²) in [5, 5.41) is 0. The Bertz CT molecular complexity index is 912. The third kappa shape index (κ3) is 1.94. The lowest BCUT2D eigenvalue weighted by atomic mass is 9.86. The molecular weight excluding hydrogens is 334 g/mol. The van der Waals surface area contributed by atoms with Gasteiger partial charge in [-0.3, -0.25) is 4.90 Å². The second kappa shape index (κ2) is 5.28. The quantitative estimate of drug-likeness (QED) is 0.786. The first-order valence-electron chi connectivity index (χ1n) is 8.95. The smallest absolute Gasteiger partial charge is 0.231 e. The van der Waals surface area contributed by atoms with Crippen molar-refractivity contribution < 1.29 is 23.7 Å². The van der Waals surface area contributed by atoms with Gasteiger partial charge in [0.05, 0.1) is 12.6 Å². The molecule has 0 saturated heterocycles. The van der Waals surface area contributed by atoms with Gasteiger partial charge in [-0.05, 0) is 48.4 Å². The lowest BCUT2D eigenvalue weighted by molar-refractivity contribution is -0.00399. The van der Waals surface area contributed by atoms with E-state index in [4.69, 9.17) is 23.7 Å². The van der Waals surface area contributed by atoms with Gasteiger partial charge in [-0.15, -0.1) is 0 Å². The maximum Gasteiger partial charge on any atom is 0.231 e. The Hall–Kier alpha value is -2.44. The molecular formula is C20H19NO5.